The molecule has 0 aliphatic carbocycles. The van der Waals surface area contributed by atoms with Gasteiger partial charge in [0.1, 0.15) is 6.33 Å². The molecule has 0 spiro atoms. The third-order valence-corrected chi connectivity index (χ3v) is 4.92. The number of benzene rings is 1. The van der Waals surface area contributed by atoms with E-state index in [-0.39, 0.29) is 11.9 Å². The van der Waals surface area contributed by atoms with Crippen molar-refractivity contribution in [3.8, 4) is 11.3 Å². The number of aryl methyl sites for hydroxylation is 2. The van der Waals surface area contributed by atoms with Crippen LogP contribution >= 0.6 is 0 Å². The summed E-state index contributed by atoms with van der Waals surface area (Å²) in [4.78, 5) is 30.4. The number of nitrogens with one attached hydrogen (secondary N) is 1. The van der Waals surface area contributed by atoms with Gasteiger partial charge in [0, 0.05) is 35.2 Å². The fourth-order valence-corrected chi connectivity index (χ4v) is 3.25. The van der Waals surface area contributed by atoms with Crippen molar-refractivity contribution in [2.45, 2.75) is 26.8 Å². The van der Waals surface area contributed by atoms with E-state index >= 15 is 0 Å². The van der Waals surface area contributed by atoms with Gasteiger partial charge in [-0.3, -0.25) is 9.78 Å². The molecule has 1 N–H and O–H groups in total. The predicted molar refractivity (Wildman–Crippen MR) is 112 cm³/mol. The minimum absolute atomic E-state index is 0.158. The molecule has 29 heavy (non-hydrogen) atoms. The molecule has 6 nitrogen and oxygen atoms in total. The molecule has 0 bridgehead atoms. The van der Waals surface area contributed by atoms with Crippen LogP contribution in [0.1, 0.15) is 40.1 Å². The standard InChI is InChI=1S/C23H21N5O/c1-14-5-4-6-19-20(9-21(28-22(14)19)18-10-24-13-25-11-18)23(29)27-16(3)17-8-7-15(2)26-12-17/h4-13,16H,1-3H3,(H,27,29)/t16-/m0/s1. The van der Waals surface area contributed by atoms with Crippen molar-refractivity contribution in [2.24, 2.45) is 0 Å². The molecule has 4 rings (SSSR count). The monoisotopic (exact) mass is 383 g/mol. The second-order valence-electron chi connectivity index (χ2n) is 7.08. The quantitative estimate of drug-likeness (QED) is 0.571. The van der Waals surface area contributed by atoms with Gasteiger partial charge in [0.2, 0.25) is 0 Å². The lowest BCUT2D eigenvalue weighted by Gasteiger charge is -2.16. The first kappa shape index (κ1) is 18.7. The fourth-order valence-electron chi connectivity index (χ4n) is 3.25. The second-order valence-corrected chi connectivity index (χ2v) is 7.08. The number of hydrogen-bond acceptors (Lipinski definition) is 5. The molecule has 0 radical (unpaired) electrons. The lowest BCUT2D eigenvalue weighted by molar-refractivity contribution is 0.0941. The number of fused-ring (bicyclic) bond motifs is 1. The van der Waals surface area contributed by atoms with E-state index in [9.17, 15) is 4.79 Å². The van der Waals surface area contributed by atoms with Crippen LogP contribution < -0.4 is 5.32 Å². The van der Waals surface area contributed by atoms with Gasteiger partial charge < -0.3 is 5.32 Å². The largest absolute Gasteiger partial charge is 0.345 e. The first-order valence-electron chi connectivity index (χ1n) is 9.42. The smallest absolute Gasteiger partial charge is 0.252 e. The highest BCUT2D eigenvalue weighted by Gasteiger charge is 2.17. The Labute approximate surface area is 169 Å². The highest BCUT2D eigenvalue weighted by Crippen LogP contribution is 2.26. The average molecular weight is 383 g/mol. The van der Waals surface area contributed by atoms with E-state index in [4.69, 9.17) is 4.98 Å². The summed E-state index contributed by atoms with van der Waals surface area (Å²) in [5.74, 6) is -0.158. The van der Waals surface area contributed by atoms with Crippen molar-refractivity contribution >= 4 is 16.8 Å². The zero-order valence-electron chi connectivity index (χ0n) is 16.5. The van der Waals surface area contributed by atoms with Gasteiger partial charge in [-0.05, 0) is 44.0 Å². The van der Waals surface area contributed by atoms with Crippen LogP contribution in [0.2, 0.25) is 0 Å². The van der Waals surface area contributed by atoms with Crippen molar-refractivity contribution in [3.05, 3.63) is 83.7 Å². The lowest BCUT2D eigenvalue weighted by Crippen LogP contribution is -2.27. The third-order valence-electron chi connectivity index (χ3n) is 4.92. The van der Waals surface area contributed by atoms with Gasteiger partial charge in [-0.15, -0.1) is 0 Å². The highest BCUT2D eigenvalue weighted by molar-refractivity contribution is 6.07. The molecule has 0 saturated carbocycles. The van der Waals surface area contributed by atoms with Crippen molar-refractivity contribution in [1.29, 1.82) is 0 Å². The predicted octanol–water partition coefficient (Wildman–Crippen LogP) is 4.19. The number of para-hydroxylation sites is 1. The van der Waals surface area contributed by atoms with E-state index in [2.05, 4.69) is 20.3 Å². The maximum Gasteiger partial charge on any atom is 0.252 e. The molecule has 0 fully saturated rings. The maximum absolute atomic E-state index is 13.2. The van der Waals surface area contributed by atoms with Crippen molar-refractivity contribution in [2.75, 3.05) is 0 Å². The van der Waals surface area contributed by atoms with Crippen molar-refractivity contribution < 1.29 is 4.79 Å². The summed E-state index contributed by atoms with van der Waals surface area (Å²) in [6.45, 7) is 5.88. The highest BCUT2D eigenvalue weighted by atomic mass is 16.1. The Kier molecular flexibility index (Phi) is 4.99. The number of nitrogens with zero attached hydrogens (tertiary/aromatic N) is 4. The van der Waals surface area contributed by atoms with E-state index in [0.717, 1.165) is 33.3 Å². The zero-order chi connectivity index (χ0) is 20.4. The van der Waals surface area contributed by atoms with Gasteiger partial charge in [-0.25, -0.2) is 15.0 Å². The Hall–Kier alpha value is -3.67. The summed E-state index contributed by atoms with van der Waals surface area (Å²) in [5, 5.41) is 3.90. The van der Waals surface area contributed by atoms with Crippen LogP contribution in [-0.2, 0) is 0 Å². The van der Waals surface area contributed by atoms with E-state index in [0.29, 0.717) is 11.3 Å². The van der Waals surface area contributed by atoms with Gasteiger partial charge in [-0.2, -0.15) is 0 Å². The number of amides is 1. The van der Waals surface area contributed by atoms with E-state index in [1.165, 1.54) is 6.33 Å². The molecule has 0 unspecified atom stereocenters. The zero-order valence-corrected chi connectivity index (χ0v) is 16.5. The SMILES string of the molecule is Cc1ccc([C@H](C)NC(=O)c2cc(-c3cncnc3)nc3c(C)cccc23)cn1. The van der Waals surface area contributed by atoms with Gasteiger partial charge in [0.05, 0.1) is 22.8 Å². The van der Waals surface area contributed by atoms with E-state index in [1.807, 2.05) is 51.1 Å². The van der Waals surface area contributed by atoms with Crippen LogP contribution in [0.4, 0.5) is 0 Å². The summed E-state index contributed by atoms with van der Waals surface area (Å²) >= 11 is 0. The Morgan fingerprint density at radius 3 is 2.55 bits per heavy atom. The van der Waals surface area contributed by atoms with E-state index < -0.39 is 0 Å². The fraction of sp³-hybridized carbons (Fsp3) is 0.174. The lowest BCUT2D eigenvalue weighted by atomic mass is 10.0. The Bertz CT molecular complexity index is 1170. The molecule has 3 heterocycles. The minimum atomic E-state index is -0.174. The molecule has 0 aliphatic rings. The first-order valence-corrected chi connectivity index (χ1v) is 9.42. The Morgan fingerprint density at radius 1 is 1.03 bits per heavy atom. The van der Waals surface area contributed by atoms with Crippen LogP contribution in [0.3, 0.4) is 0 Å². The van der Waals surface area contributed by atoms with Gasteiger partial charge >= 0.3 is 0 Å². The Balaban J connectivity index is 1.76. The van der Waals surface area contributed by atoms with Crippen LogP contribution in [0.15, 0.2) is 61.3 Å². The molecular weight excluding hydrogens is 362 g/mol. The van der Waals surface area contributed by atoms with Gasteiger partial charge in [0.15, 0.2) is 0 Å². The van der Waals surface area contributed by atoms with Crippen LogP contribution in [0.5, 0.6) is 0 Å². The Morgan fingerprint density at radius 2 is 1.83 bits per heavy atom. The number of pyridine rings is 2. The molecule has 4 aromatic rings. The number of carbonyl (C=O) groups excluding carboxylic acids is 1. The summed E-state index contributed by atoms with van der Waals surface area (Å²) in [5.41, 5.74) is 5.71. The summed E-state index contributed by atoms with van der Waals surface area (Å²) < 4.78 is 0. The van der Waals surface area contributed by atoms with Crippen molar-refractivity contribution in [1.82, 2.24) is 25.3 Å². The summed E-state index contributed by atoms with van der Waals surface area (Å²) in [7, 11) is 0. The molecule has 0 aliphatic heterocycles. The normalized spacial score (nSPS) is 12.0. The second kappa shape index (κ2) is 7.75. The van der Waals surface area contributed by atoms with Gasteiger partial charge in [-0.1, -0.05) is 24.3 Å². The number of aromatic nitrogens is 4. The minimum Gasteiger partial charge on any atom is -0.345 e. The van der Waals surface area contributed by atoms with Crippen LogP contribution in [0.25, 0.3) is 22.2 Å². The summed E-state index contributed by atoms with van der Waals surface area (Å²) in [6.07, 6.45) is 6.66. The van der Waals surface area contributed by atoms with Crippen LogP contribution in [-0.4, -0.2) is 25.8 Å². The maximum atomic E-state index is 13.2. The van der Waals surface area contributed by atoms with Crippen LogP contribution in [0, 0.1) is 13.8 Å². The number of hydrogen-bond donors (Lipinski definition) is 1. The first-order chi connectivity index (χ1) is 14.0. The molecule has 144 valence electrons. The molecule has 1 aromatic carbocycles. The molecule has 1 atom stereocenters. The molecule has 3 aromatic heterocycles. The number of rotatable bonds is 4. The number of carbonyl (C=O) groups is 1. The van der Waals surface area contributed by atoms with E-state index in [1.54, 1.807) is 24.7 Å². The van der Waals surface area contributed by atoms with Crippen molar-refractivity contribution in [3.63, 3.8) is 0 Å². The molecule has 1 amide bonds. The third kappa shape index (κ3) is 3.82. The molecule has 6 heteroatoms. The summed E-state index contributed by atoms with van der Waals surface area (Å²) in [6, 6.07) is 11.4. The molecule has 0 saturated heterocycles. The van der Waals surface area contributed by atoms with Gasteiger partial charge in [0.25, 0.3) is 5.91 Å². The molecular formula is C23H21N5O. The average Bonchev–Trinajstić information content (AvgIpc) is 2.74. The topological polar surface area (TPSA) is 80.7 Å².